The third-order valence-electron chi connectivity index (χ3n) is 1.64. The van der Waals surface area contributed by atoms with E-state index in [0.29, 0.717) is 10.7 Å². The highest BCUT2D eigenvalue weighted by Crippen LogP contribution is 2.22. The average Bonchev–Trinajstić information content (AvgIpc) is 2.63. The van der Waals surface area contributed by atoms with Crippen LogP contribution in [0.5, 0.6) is 0 Å². The van der Waals surface area contributed by atoms with Gasteiger partial charge in [-0.05, 0) is 6.92 Å². The molecule has 2 heterocycles. The highest BCUT2D eigenvalue weighted by molar-refractivity contribution is 7.13. The summed E-state index contributed by atoms with van der Waals surface area (Å²) in [5, 5.41) is 7.54. The molecular formula is C7H5N3O2S. The number of carbonyl (C=O) groups is 2. The van der Waals surface area contributed by atoms with Gasteiger partial charge in [0.2, 0.25) is 5.13 Å². The molecule has 0 spiro atoms. The van der Waals surface area contributed by atoms with Crippen LogP contribution in [0.25, 0.3) is 0 Å². The summed E-state index contributed by atoms with van der Waals surface area (Å²) in [4.78, 5) is 23.7. The second kappa shape index (κ2) is 2.74. The van der Waals surface area contributed by atoms with E-state index in [1.807, 2.05) is 0 Å². The lowest BCUT2D eigenvalue weighted by Gasteiger charge is -2.08. The Morgan fingerprint density at radius 3 is 2.69 bits per heavy atom. The van der Waals surface area contributed by atoms with Gasteiger partial charge in [-0.3, -0.25) is 9.59 Å². The van der Waals surface area contributed by atoms with Crippen molar-refractivity contribution in [3.05, 3.63) is 17.2 Å². The number of anilines is 1. The van der Waals surface area contributed by atoms with Crippen LogP contribution in [0.2, 0.25) is 0 Å². The van der Waals surface area contributed by atoms with E-state index in [-0.39, 0.29) is 11.8 Å². The molecule has 0 atom stereocenters. The van der Waals surface area contributed by atoms with Crippen molar-refractivity contribution in [3.8, 4) is 0 Å². The van der Waals surface area contributed by atoms with Gasteiger partial charge < -0.3 is 0 Å². The number of nitrogens with zero attached hydrogens (tertiary/aromatic N) is 3. The molecule has 66 valence electrons. The van der Waals surface area contributed by atoms with Crippen LogP contribution in [-0.2, 0) is 9.59 Å². The van der Waals surface area contributed by atoms with E-state index in [1.165, 1.54) is 11.6 Å². The van der Waals surface area contributed by atoms with Gasteiger partial charge in [0.1, 0.15) is 5.51 Å². The quantitative estimate of drug-likeness (QED) is 0.607. The van der Waals surface area contributed by atoms with E-state index >= 15 is 0 Å². The molecule has 1 aromatic rings. The van der Waals surface area contributed by atoms with Gasteiger partial charge in [-0.2, -0.15) is 0 Å². The summed E-state index contributed by atoms with van der Waals surface area (Å²) in [7, 11) is 0. The van der Waals surface area contributed by atoms with Crippen molar-refractivity contribution in [1.82, 2.24) is 10.2 Å². The van der Waals surface area contributed by atoms with Crippen LogP contribution in [0, 0.1) is 0 Å². The van der Waals surface area contributed by atoms with Gasteiger partial charge in [-0.25, -0.2) is 4.90 Å². The zero-order valence-corrected chi connectivity index (χ0v) is 7.54. The normalized spacial score (nSPS) is 16.7. The number of imide groups is 1. The first-order valence-electron chi connectivity index (χ1n) is 3.53. The van der Waals surface area contributed by atoms with Crippen LogP contribution in [0.3, 0.4) is 0 Å². The Hall–Kier alpha value is -1.56. The van der Waals surface area contributed by atoms with E-state index in [0.717, 1.165) is 16.2 Å². The summed E-state index contributed by atoms with van der Waals surface area (Å²) in [5.41, 5.74) is 1.91. The highest BCUT2D eigenvalue weighted by Gasteiger charge is 2.31. The first-order chi connectivity index (χ1) is 6.20. The molecule has 0 aliphatic carbocycles. The molecule has 0 radical (unpaired) electrons. The minimum absolute atomic E-state index is 0.318. The topological polar surface area (TPSA) is 63.2 Å². The zero-order valence-electron chi connectivity index (χ0n) is 6.72. The molecule has 0 aromatic carbocycles. The molecule has 1 aliphatic heterocycles. The lowest BCUT2D eigenvalue weighted by Crippen LogP contribution is -2.30. The Bertz CT molecular complexity index is 396. The number of hydrogen-bond donors (Lipinski definition) is 0. The summed E-state index contributed by atoms with van der Waals surface area (Å²) in [6.45, 7) is 1.60. The summed E-state index contributed by atoms with van der Waals surface area (Å²) < 4.78 is 0. The fourth-order valence-electron chi connectivity index (χ4n) is 1.03. The fraction of sp³-hybridized carbons (Fsp3) is 0.143. The van der Waals surface area contributed by atoms with Crippen LogP contribution in [0.1, 0.15) is 6.92 Å². The van der Waals surface area contributed by atoms with Crippen LogP contribution in [-0.4, -0.2) is 22.0 Å². The molecule has 0 N–H and O–H groups in total. The first kappa shape index (κ1) is 8.06. The number of carbonyl (C=O) groups excluding carboxylic acids is 2. The Balaban J connectivity index is 2.39. The molecule has 0 saturated heterocycles. The summed E-state index contributed by atoms with van der Waals surface area (Å²) in [5.74, 6) is -0.666. The SMILES string of the molecule is CC1=CC(=O)N(c2nncs2)C1=O. The lowest BCUT2D eigenvalue weighted by molar-refractivity contribution is -0.120. The van der Waals surface area contributed by atoms with E-state index < -0.39 is 0 Å². The Morgan fingerprint density at radius 1 is 1.46 bits per heavy atom. The van der Waals surface area contributed by atoms with Gasteiger partial charge in [-0.15, -0.1) is 10.2 Å². The fourth-order valence-corrected chi connectivity index (χ4v) is 1.59. The highest BCUT2D eigenvalue weighted by atomic mass is 32.1. The molecule has 0 unspecified atom stereocenters. The van der Waals surface area contributed by atoms with Gasteiger partial charge in [0.25, 0.3) is 11.8 Å². The Labute approximate surface area is 77.7 Å². The van der Waals surface area contributed by atoms with E-state index in [9.17, 15) is 9.59 Å². The molecule has 5 nitrogen and oxygen atoms in total. The maximum atomic E-state index is 11.4. The molecule has 2 rings (SSSR count). The summed E-state index contributed by atoms with van der Waals surface area (Å²) >= 11 is 1.16. The standard InChI is InChI=1S/C7H5N3O2S/c1-4-2-5(11)10(6(4)12)7-9-8-3-13-7/h2-3H,1H3. The maximum absolute atomic E-state index is 11.4. The molecule has 13 heavy (non-hydrogen) atoms. The van der Waals surface area contributed by atoms with Crippen molar-refractivity contribution >= 4 is 28.3 Å². The third-order valence-corrected chi connectivity index (χ3v) is 2.32. The number of rotatable bonds is 1. The number of hydrogen-bond acceptors (Lipinski definition) is 5. The van der Waals surface area contributed by atoms with Crippen molar-refractivity contribution in [1.29, 1.82) is 0 Å². The zero-order chi connectivity index (χ0) is 9.42. The van der Waals surface area contributed by atoms with Crippen molar-refractivity contribution in [2.75, 3.05) is 4.90 Å². The smallest absolute Gasteiger partial charge is 0.263 e. The van der Waals surface area contributed by atoms with Gasteiger partial charge in [-0.1, -0.05) is 11.3 Å². The minimum atomic E-state index is -0.348. The molecule has 1 aliphatic rings. The number of aromatic nitrogens is 2. The van der Waals surface area contributed by atoms with Crippen LogP contribution < -0.4 is 4.90 Å². The van der Waals surface area contributed by atoms with Gasteiger partial charge in [0.05, 0.1) is 0 Å². The molecule has 2 amide bonds. The predicted molar refractivity (Wildman–Crippen MR) is 46.2 cm³/mol. The van der Waals surface area contributed by atoms with Crippen molar-refractivity contribution in [2.24, 2.45) is 0 Å². The van der Waals surface area contributed by atoms with E-state index in [2.05, 4.69) is 10.2 Å². The van der Waals surface area contributed by atoms with Gasteiger partial charge in [0.15, 0.2) is 0 Å². The van der Waals surface area contributed by atoms with Crippen molar-refractivity contribution < 1.29 is 9.59 Å². The van der Waals surface area contributed by atoms with E-state index in [1.54, 1.807) is 6.92 Å². The lowest BCUT2D eigenvalue weighted by atomic mass is 10.3. The van der Waals surface area contributed by atoms with Crippen molar-refractivity contribution in [3.63, 3.8) is 0 Å². The molecule has 6 heteroatoms. The van der Waals surface area contributed by atoms with E-state index in [4.69, 9.17) is 0 Å². The van der Waals surface area contributed by atoms with Gasteiger partial charge >= 0.3 is 0 Å². The Morgan fingerprint density at radius 2 is 2.23 bits per heavy atom. The summed E-state index contributed by atoms with van der Waals surface area (Å²) in [6, 6.07) is 0. The number of amides is 2. The third kappa shape index (κ3) is 1.15. The van der Waals surface area contributed by atoms with Crippen LogP contribution in [0.15, 0.2) is 17.2 Å². The molecule has 0 fully saturated rings. The van der Waals surface area contributed by atoms with Crippen LogP contribution in [0.4, 0.5) is 5.13 Å². The molecular weight excluding hydrogens is 190 g/mol. The summed E-state index contributed by atoms with van der Waals surface area (Å²) in [6.07, 6.45) is 1.30. The van der Waals surface area contributed by atoms with Gasteiger partial charge in [0, 0.05) is 11.6 Å². The maximum Gasteiger partial charge on any atom is 0.263 e. The first-order valence-corrected chi connectivity index (χ1v) is 4.41. The second-order valence-electron chi connectivity index (χ2n) is 2.53. The second-order valence-corrected chi connectivity index (χ2v) is 3.34. The largest absolute Gasteiger partial charge is 0.269 e. The molecule has 0 saturated carbocycles. The molecule has 1 aromatic heterocycles. The minimum Gasteiger partial charge on any atom is -0.269 e. The predicted octanol–water partition coefficient (Wildman–Crippen LogP) is 0.358. The monoisotopic (exact) mass is 195 g/mol. The Kier molecular flexibility index (Phi) is 1.70. The van der Waals surface area contributed by atoms with Crippen LogP contribution >= 0.6 is 11.3 Å². The molecule has 0 bridgehead atoms. The van der Waals surface area contributed by atoms with Crippen molar-refractivity contribution in [2.45, 2.75) is 6.92 Å². The average molecular weight is 195 g/mol.